The Morgan fingerprint density at radius 3 is 1.71 bits per heavy atom. The van der Waals surface area contributed by atoms with Gasteiger partial charge in [-0.15, -0.1) is 0 Å². The van der Waals surface area contributed by atoms with Crippen molar-refractivity contribution in [1.82, 2.24) is 19.1 Å². The Balaban J connectivity index is 1.25. The molecule has 10 aromatic rings. The normalized spacial score (nSPS) is 12.3. The minimum Gasteiger partial charge on any atom is -0.309 e. The van der Waals surface area contributed by atoms with Crippen molar-refractivity contribution in [1.29, 1.82) is 0 Å². The van der Waals surface area contributed by atoms with Crippen LogP contribution in [0.2, 0.25) is 0 Å². The Bertz CT molecular complexity index is 2900. The largest absolute Gasteiger partial charge is 0.309 e. The summed E-state index contributed by atoms with van der Waals surface area (Å²) < 4.78 is 4.88. The Labute approximate surface area is 293 Å². The molecular formula is C46H29N5. The van der Waals surface area contributed by atoms with Gasteiger partial charge in [0.25, 0.3) is 0 Å². The van der Waals surface area contributed by atoms with Crippen molar-refractivity contribution < 1.29 is 0 Å². The Kier molecular flexibility index (Phi) is 5.89. The number of pyridine rings is 2. The lowest BCUT2D eigenvalue weighted by Crippen LogP contribution is -2.18. The highest BCUT2D eigenvalue weighted by Crippen LogP contribution is 2.52. The van der Waals surface area contributed by atoms with Gasteiger partial charge in [-0.1, -0.05) is 72.8 Å². The lowest BCUT2D eigenvalue weighted by molar-refractivity contribution is 1.11. The molecule has 5 nitrogen and oxygen atoms in total. The lowest BCUT2D eigenvalue weighted by Gasteiger charge is -2.33. The summed E-state index contributed by atoms with van der Waals surface area (Å²) in [6.45, 7) is 0. The van der Waals surface area contributed by atoms with Crippen LogP contribution >= 0.6 is 0 Å². The van der Waals surface area contributed by atoms with E-state index in [1.807, 2.05) is 36.9 Å². The van der Waals surface area contributed by atoms with Crippen molar-refractivity contribution in [3.63, 3.8) is 0 Å². The van der Waals surface area contributed by atoms with E-state index in [0.29, 0.717) is 0 Å². The number of hydrogen-bond donors (Lipinski definition) is 0. The third-order valence-electron chi connectivity index (χ3n) is 10.3. The second-order valence-corrected chi connectivity index (χ2v) is 13.1. The molecule has 0 bridgehead atoms. The quantitative estimate of drug-likeness (QED) is 0.190. The molecule has 1 aliphatic heterocycles. The summed E-state index contributed by atoms with van der Waals surface area (Å²) in [6, 6.07) is 54.7. The van der Waals surface area contributed by atoms with E-state index in [2.05, 4.69) is 164 Å². The van der Waals surface area contributed by atoms with E-state index in [1.165, 1.54) is 43.6 Å². The summed E-state index contributed by atoms with van der Waals surface area (Å²) in [5.41, 5.74) is 14.8. The molecule has 51 heavy (non-hydrogen) atoms. The molecule has 0 saturated heterocycles. The molecule has 0 unspecified atom stereocenters. The molecule has 0 atom stereocenters. The van der Waals surface area contributed by atoms with E-state index in [0.717, 1.165) is 50.7 Å². The molecule has 11 rings (SSSR count). The molecule has 0 amide bonds. The molecule has 0 spiro atoms. The lowest BCUT2D eigenvalue weighted by atomic mass is 9.98. The molecule has 0 saturated carbocycles. The van der Waals surface area contributed by atoms with Gasteiger partial charge in [-0.2, -0.15) is 0 Å². The van der Waals surface area contributed by atoms with Crippen LogP contribution in [0.4, 0.5) is 17.1 Å². The summed E-state index contributed by atoms with van der Waals surface area (Å²) >= 11 is 0. The molecule has 0 N–H and O–H groups in total. The first-order chi connectivity index (χ1) is 25.3. The van der Waals surface area contributed by atoms with E-state index in [4.69, 9.17) is 0 Å². The molecule has 5 heteroatoms. The van der Waals surface area contributed by atoms with Crippen molar-refractivity contribution in [2.75, 3.05) is 4.90 Å². The predicted molar refractivity (Wildman–Crippen MR) is 210 cm³/mol. The maximum atomic E-state index is 4.46. The monoisotopic (exact) mass is 651 g/mol. The average molecular weight is 652 g/mol. The van der Waals surface area contributed by atoms with Crippen molar-refractivity contribution in [3.8, 4) is 33.6 Å². The number of hydrogen-bond acceptors (Lipinski definition) is 3. The zero-order valence-electron chi connectivity index (χ0n) is 27.5. The van der Waals surface area contributed by atoms with Gasteiger partial charge >= 0.3 is 0 Å². The molecule has 0 radical (unpaired) electrons. The van der Waals surface area contributed by atoms with Crippen molar-refractivity contribution in [2.24, 2.45) is 0 Å². The van der Waals surface area contributed by atoms with E-state index in [1.54, 1.807) is 0 Å². The molecule has 0 aliphatic carbocycles. The van der Waals surface area contributed by atoms with Gasteiger partial charge in [0.2, 0.25) is 0 Å². The zero-order valence-corrected chi connectivity index (χ0v) is 27.5. The Morgan fingerprint density at radius 1 is 0.373 bits per heavy atom. The first-order valence-corrected chi connectivity index (χ1v) is 17.2. The second kappa shape index (κ2) is 10.8. The fourth-order valence-electron chi connectivity index (χ4n) is 8.27. The predicted octanol–water partition coefficient (Wildman–Crippen LogP) is 11.8. The smallest absolute Gasteiger partial charge is 0.0783 e. The third-order valence-corrected chi connectivity index (χ3v) is 10.3. The number of aromatic nitrogens is 4. The van der Waals surface area contributed by atoms with Gasteiger partial charge in [0.05, 0.1) is 39.1 Å². The number of anilines is 3. The fraction of sp³-hybridized carbons (Fsp3) is 0. The summed E-state index contributed by atoms with van der Waals surface area (Å²) in [5, 5.41) is 5.03. The van der Waals surface area contributed by atoms with Crippen molar-refractivity contribution >= 4 is 60.7 Å². The number of para-hydroxylation sites is 5. The average Bonchev–Trinajstić information content (AvgIpc) is 3.73. The van der Waals surface area contributed by atoms with Gasteiger partial charge in [0.1, 0.15) is 0 Å². The molecule has 0 fully saturated rings. The number of rotatable bonds is 4. The van der Waals surface area contributed by atoms with Crippen LogP contribution < -0.4 is 4.90 Å². The SMILES string of the molecule is c1ccc(-n2c3ccccc3c3c4c5cccc6c5n(c4ccc32)-c2ccccc2N6c2cc(-c3cccnc3)cc(-c3cccnc3)c2)cc1. The van der Waals surface area contributed by atoms with Crippen LogP contribution in [-0.4, -0.2) is 19.1 Å². The highest BCUT2D eigenvalue weighted by molar-refractivity contribution is 6.30. The summed E-state index contributed by atoms with van der Waals surface area (Å²) in [7, 11) is 0. The van der Waals surface area contributed by atoms with E-state index in [-0.39, 0.29) is 0 Å². The number of benzene rings is 6. The van der Waals surface area contributed by atoms with Gasteiger partial charge in [-0.25, -0.2) is 0 Å². The second-order valence-electron chi connectivity index (χ2n) is 13.1. The molecule has 4 aromatic heterocycles. The topological polar surface area (TPSA) is 38.9 Å². The molecular weight excluding hydrogens is 623 g/mol. The van der Waals surface area contributed by atoms with E-state index >= 15 is 0 Å². The molecule has 238 valence electrons. The highest BCUT2D eigenvalue weighted by atomic mass is 15.2. The number of nitrogens with zero attached hydrogens (tertiary/aromatic N) is 5. The number of fused-ring (bicyclic) bond motifs is 9. The van der Waals surface area contributed by atoms with Crippen LogP contribution in [0, 0.1) is 0 Å². The summed E-state index contributed by atoms with van der Waals surface area (Å²) in [4.78, 5) is 11.4. The fourth-order valence-corrected chi connectivity index (χ4v) is 8.27. The van der Waals surface area contributed by atoms with E-state index < -0.39 is 0 Å². The van der Waals surface area contributed by atoms with Crippen LogP contribution in [-0.2, 0) is 0 Å². The first kappa shape index (κ1) is 27.9. The molecule has 1 aliphatic rings. The third kappa shape index (κ3) is 4.03. The van der Waals surface area contributed by atoms with Crippen LogP contribution in [0.1, 0.15) is 0 Å². The van der Waals surface area contributed by atoms with Crippen molar-refractivity contribution in [3.05, 3.63) is 176 Å². The van der Waals surface area contributed by atoms with Crippen LogP contribution in [0.5, 0.6) is 0 Å². The Hall–Kier alpha value is -6.98. The highest BCUT2D eigenvalue weighted by Gasteiger charge is 2.30. The van der Waals surface area contributed by atoms with Gasteiger partial charge in [0.15, 0.2) is 0 Å². The van der Waals surface area contributed by atoms with Crippen LogP contribution in [0.25, 0.3) is 77.2 Å². The maximum absolute atomic E-state index is 4.46. The van der Waals surface area contributed by atoms with Crippen LogP contribution in [0.15, 0.2) is 176 Å². The summed E-state index contributed by atoms with van der Waals surface area (Å²) in [6.07, 6.45) is 7.52. The van der Waals surface area contributed by atoms with E-state index in [9.17, 15) is 0 Å². The minimum atomic E-state index is 1.07. The molecule has 5 heterocycles. The standard InChI is InChI=1S/C46H29N5/c1-2-13-34(14-3-1)49-38-17-5-4-15-36(38)44-41(49)21-22-42-45(44)37-16-8-20-43-46(37)51(42)40-19-7-6-18-39(40)50(43)35-26-32(30-11-9-23-47-28-30)25-33(27-35)31-12-10-24-48-29-31/h1-29H. The maximum Gasteiger partial charge on any atom is 0.0783 e. The minimum absolute atomic E-state index is 1.07. The van der Waals surface area contributed by atoms with Gasteiger partial charge in [0, 0.05) is 68.8 Å². The van der Waals surface area contributed by atoms with Gasteiger partial charge < -0.3 is 14.0 Å². The Morgan fingerprint density at radius 2 is 0.980 bits per heavy atom. The molecule has 6 aromatic carbocycles. The van der Waals surface area contributed by atoms with Crippen LogP contribution in [0.3, 0.4) is 0 Å². The van der Waals surface area contributed by atoms with Gasteiger partial charge in [-0.3, -0.25) is 9.97 Å². The first-order valence-electron chi connectivity index (χ1n) is 17.2. The zero-order chi connectivity index (χ0) is 33.5. The van der Waals surface area contributed by atoms with Gasteiger partial charge in [-0.05, 0) is 90.0 Å². The van der Waals surface area contributed by atoms with Crippen molar-refractivity contribution in [2.45, 2.75) is 0 Å². The summed E-state index contributed by atoms with van der Waals surface area (Å²) in [5.74, 6) is 0.